The molecule has 22 heavy (non-hydrogen) atoms. The zero-order valence-electron chi connectivity index (χ0n) is 14.5. The predicted octanol–water partition coefficient (Wildman–Crippen LogP) is 1.19. The van der Waals surface area contributed by atoms with Crippen LogP contribution in [0.1, 0.15) is 33.1 Å². The molecular weight excluding hydrogens is 278 g/mol. The van der Waals surface area contributed by atoms with Gasteiger partial charge in [-0.2, -0.15) is 0 Å². The largest absolute Gasteiger partial charge is 0.383 e. The number of ether oxygens (including phenoxy) is 1. The van der Waals surface area contributed by atoms with Crippen LogP contribution in [0.3, 0.4) is 0 Å². The van der Waals surface area contributed by atoms with Crippen molar-refractivity contribution >= 4 is 5.91 Å². The molecule has 5 nitrogen and oxygen atoms in total. The van der Waals surface area contributed by atoms with Gasteiger partial charge in [-0.15, -0.1) is 0 Å². The molecule has 3 unspecified atom stereocenters. The lowest BCUT2D eigenvalue weighted by atomic mass is 9.85. The van der Waals surface area contributed by atoms with Crippen molar-refractivity contribution in [2.75, 3.05) is 53.0 Å². The Morgan fingerprint density at radius 3 is 2.86 bits per heavy atom. The number of methoxy groups -OCH3 is 1. The Balaban J connectivity index is 1.76. The summed E-state index contributed by atoms with van der Waals surface area (Å²) in [4.78, 5) is 17.1. The second-order valence-electron chi connectivity index (χ2n) is 7.01. The highest BCUT2D eigenvalue weighted by Gasteiger charge is 2.29. The quantitative estimate of drug-likeness (QED) is 0.800. The number of rotatable bonds is 6. The van der Waals surface area contributed by atoms with Crippen LogP contribution in [-0.4, -0.2) is 74.7 Å². The van der Waals surface area contributed by atoms with Crippen molar-refractivity contribution < 1.29 is 9.53 Å². The van der Waals surface area contributed by atoms with E-state index in [1.54, 1.807) is 7.11 Å². The number of carbonyl (C=O) groups excluding carboxylic acids is 1. The molecule has 5 heteroatoms. The zero-order valence-corrected chi connectivity index (χ0v) is 14.5. The predicted molar refractivity (Wildman–Crippen MR) is 88.9 cm³/mol. The van der Waals surface area contributed by atoms with Crippen molar-refractivity contribution in [3.05, 3.63) is 0 Å². The Hall–Kier alpha value is -0.650. The molecule has 2 rings (SSSR count). The van der Waals surface area contributed by atoms with Gasteiger partial charge < -0.3 is 15.0 Å². The van der Waals surface area contributed by atoms with Crippen LogP contribution in [0, 0.1) is 11.8 Å². The first-order valence-corrected chi connectivity index (χ1v) is 8.83. The second kappa shape index (κ2) is 8.85. The van der Waals surface area contributed by atoms with E-state index in [1.165, 1.54) is 12.8 Å². The van der Waals surface area contributed by atoms with Gasteiger partial charge in [0.2, 0.25) is 5.91 Å². The van der Waals surface area contributed by atoms with Gasteiger partial charge in [-0.25, -0.2) is 0 Å². The van der Waals surface area contributed by atoms with E-state index in [-0.39, 0.29) is 0 Å². The van der Waals surface area contributed by atoms with Gasteiger partial charge in [0.1, 0.15) is 0 Å². The molecule has 2 aliphatic rings. The molecule has 1 N–H and O–H groups in total. The average molecular weight is 311 g/mol. The van der Waals surface area contributed by atoms with Gasteiger partial charge in [0, 0.05) is 45.8 Å². The lowest BCUT2D eigenvalue weighted by Gasteiger charge is -2.40. The number of nitrogens with zero attached hydrogens (tertiary/aromatic N) is 2. The second-order valence-corrected chi connectivity index (χ2v) is 7.01. The number of hydrogen-bond acceptors (Lipinski definition) is 4. The lowest BCUT2D eigenvalue weighted by Crippen LogP contribution is -2.54. The molecule has 0 spiro atoms. The number of piperidine rings is 1. The van der Waals surface area contributed by atoms with Crippen LogP contribution < -0.4 is 5.32 Å². The minimum absolute atomic E-state index is 0.344. The maximum Gasteiger partial charge on any atom is 0.222 e. The van der Waals surface area contributed by atoms with E-state index in [2.05, 4.69) is 29.0 Å². The molecular formula is C17H33N3O2. The van der Waals surface area contributed by atoms with Crippen molar-refractivity contribution in [1.29, 1.82) is 0 Å². The van der Waals surface area contributed by atoms with E-state index < -0.39 is 0 Å². The van der Waals surface area contributed by atoms with Crippen molar-refractivity contribution in [1.82, 2.24) is 15.1 Å². The molecule has 2 fully saturated rings. The van der Waals surface area contributed by atoms with Crippen molar-refractivity contribution in [2.45, 2.75) is 39.2 Å². The van der Waals surface area contributed by atoms with E-state index in [1.807, 2.05) is 0 Å². The van der Waals surface area contributed by atoms with E-state index in [4.69, 9.17) is 4.74 Å². The van der Waals surface area contributed by atoms with Crippen molar-refractivity contribution in [2.24, 2.45) is 11.8 Å². The van der Waals surface area contributed by atoms with Crippen LogP contribution in [0.25, 0.3) is 0 Å². The fourth-order valence-corrected chi connectivity index (χ4v) is 3.70. The van der Waals surface area contributed by atoms with Gasteiger partial charge >= 0.3 is 0 Å². The van der Waals surface area contributed by atoms with Gasteiger partial charge in [0.25, 0.3) is 0 Å². The van der Waals surface area contributed by atoms with Crippen LogP contribution in [-0.2, 0) is 9.53 Å². The van der Waals surface area contributed by atoms with Gasteiger partial charge in [0.05, 0.1) is 6.61 Å². The fraction of sp³-hybridized carbons (Fsp3) is 0.941. The molecule has 0 aromatic carbocycles. The SMILES string of the molecule is COCCN1CCN(C(=O)CC(C)C2CCCNC2)CC1C. The summed E-state index contributed by atoms with van der Waals surface area (Å²) in [6.07, 6.45) is 3.22. The third-order valence-electron chi connectivity index (χ3n) is 5.34. The fourth-order valence-electron chi connectivity index (χ4n) is 3.70. The molecule has 0 aromatic rings. The van der Waals surface area contributed by atoms with Crippen LogP contribution >= 0.6 is 0 Å². The standard InChI is InChI=1S/C17H33N3O2/c1-14(16-5-4-6-18-12-16)11-17(21)20-8-7-19(9-10-22-3)15(2)13-20/h14-16,18H,4-13H2,1-3H3. The molecule has 3 atom stereocenters. The summed E-state index contributed by atoms with van der Waals surface area (Å²) in [5, 5.41) is 3.46. The molecule has 0 aliphatic carbocycles. The summed E-state index contributed by atoms with van der Waals surface area (Å²) in [6.45, 7) is 11.1. The smallest absolute Gasteiger partial charge is 0.222 e. The number of nitrogens with one attached hydrogen (secondary N) is 1. The summed E-state index contributed by atoms with van der Waals surface area (Å²) in [7, 11) is 1.74. The first kappa shape index (κ1) is 17.7. The maximum atomic E-state index is 12.6. The van der Waals surface area contributed by atoms with E-state index in [9.17, 15) is 4.79 Å². The van der Waals surface area contributed by atoms with E-state index in [0.717, 1.165) is 45.9 Å². The maximum absolute atomic E-state index is 12.6. The highest BCUT2D eigenvalue weighted by Crippen LogP contribution is 2.23. The molecule has 0 saturated carbocycles. The normalized spacial score (nSPS) is 28.6. The molecule has 2 heterocycles. The Morgan fingerprint density at radius 2 is 2.23 bits per heavy atom. The van der Waals surface area contributed by atoms with Crippen LogP contribution in [0.2, 0.25) is 0 Å². The Bertz CT molecular complexity index is 345. The summed E-state index contributed by atoms with van der Waals surface area (Å²) in [5.74, 6) is 1.50. The van der Waals surface area contributed by atoms with Gasteiger partial charge in [-0.1, -0.05) is 6.92 Å². The Kier molecular flexibility index (Phi) is 7.12. The molecule has 0 aromatic heterocycles. The molecule has 2 aliphatic heterocycles. The van der Waals surface area contributed by atoms with Crippen LogP contribution in [0.15, 0.2) is 0 Å². The van der Waals surface area contributed by atoms with Crippen molar-refractivity contribution in [3.63, 3.8) is 0 Å². The first-order valence-electron chi connectivity index (χ1n) is 8.83. The summed E-state index contributed by atoms with van der Waals surface area (Å²) < 4.78 is 5.16. The zero-order chi connectivity index (χ0) is 15.9. The number of carbonyl (C=O) groups is 1. The summed E-state index contributed by atoms with van der Waals surface area (Å²) >= 11 is 0. The van der Waals surface area contributed by atoms with Gasteiger partial charge in [-0.05, 0) is 44.7 Å². The van der Waals surface area contributed by atoms with E-state index in [0.29, 0.717) is 30.2 Å². The Morgan fingerprint density at radius 1 is 1.41 bits per heavy atom. The van der Waals surface area contributed by atoms with Crippen molar-refractivity contribution in [3.8, 4) is 0 Å². The lowest BCUT2D eigenvalue weighted by molar-refractivity contribution is -0.135. The van der Waals surface area contributed by atoms with Crippen LogP contribution in [0.5, 0.6) is 0 Å². The van der Waals surface area contributed by atoms with E-state index >= 15 is 0 Å². The topological polar surface area (TPSA) is 44.8 Å². The highest BCUT2D eigenvalue weighted by atomic mass is 16.5. The first-order chi connectivity index (χ1) is 10.6. The number of hydrogen-bond donors (Lipinski definition) is 1. The minimum Gasteiger partial charge on any atom is -0.383 e. The molecule has 0 bridgehead atoms. The monoisotopic (exact) mass is 311 g/mol. The minimum atomic E-state index is 0.344. The molecule has 1 amide bonds. The molecule has 0 radical (unpaired) electrons. The molecule has 2 saturated heterocycles. The highest BCUT2D eigenvalue weighted by molar-refractivity contribution is 5.76. The van der Waals surface area contributed by atoms with Gasteiger partial charge in [-0.3, -0.25) is 9.69 Å². The van der Waals surface area contributed by atoms with Gasteiger partial charge in [0.15, 0.2) is 0 Å². The third kappa shape index (κ3) is 4.93. The number of amides is 1. The molecule has 128 valence electrons. The summed E-state index contributed by atoms with van der Waals surface area (Å²) in [6, 6.07) is 0.430. The third-order valence-corrected chi connectivity index (χ3v) is 5.34. The Labute approximate surface area is 135 Å². The average Bonchev–Trinajstić information content (AvgIpc) is 2.54. The van der Waals surface area contributed by atoms with Crippen LogP contribution in [0.4, 0.5) is 0 Å². The number of piperazine rings is 1. The summed E-state index contributed by atoms with van der Waals surface area (Å²) in [5.41, 5.74) is 0.